The molecule has 1 aromatic heterocycles. The number of aromatic nitrogens is 1. The van der Waals surface area contributed by atoms with Crippen LogP contribution in [0.4, 0.5) is 0 Å². The van der Waals surface area contributed by atoms with Gasteiger partial charge < -0.3 is 4.74 Å². The molecule has 0 aliphatic carbocycles. The van der Waals surface area contributed by atoms with Crippen LogP contribution in [0.2, 0.25) is 5.15 Å². The van der Waals surface area contributed by atoms with Crippen LogP contribution in [0, 0.1) is 0 Å². The Morgan fingerprint density at radius 3 is 2.48 bits per heavy atom. The van der Waals surface area contributed by atoms with Crippen molar-refractivity contribution >= 4 is 17.6 Å². The Bertz CT molecular complexity index is 466. The summed E-state index contributed by atoms with van der Waals surface area (Å²) in [5.74, 6) is -0.319. The summed E-state index contributed by atoms with van der Waals surface area (Å²) in [5.41, 5.74) is 1.12. The molecule has 1 heterocycles. The maximum absolute atomic E-state index is 12.1. The predicted molar refractivity (Wildman–Crippen MR) is 87.0 cm³/mol. The van der Waals surface area contributed by atoms with Gasteiger partial charge in [0.25, 0.3) is 0 Å². The zero-order valence-electron chi connectivity index (χ0n) is 13.5. The maximum Gasteiger partial charge on any atom is 0.338 e. The summed E-state index contributed by atoms with van der Waals surface area (Å²) >= 11 is 6.00. The number of ether oxygens (including phenoxy) is 1. The Labute approximate surface area is 133 Å². The Morgan fingerprint density at radius 1 is 1.19 bits per heavy atom. The number of esters is 1. The molecule has 4 heteroatoms. The Morgan fingerprint density at radius 2 is 1.86 bits per heavy atom. The topological polar surface area (TPSA) is 39.2 Å². The minimum Gasteiger partial charge on any atom is -0.462 e. The van der Waals surface area contributed by atoms with Gasteiger partial charge >= 0.3 is 5.97 Å². The number of rotatable bonds is 7. The average molecular weight is 312 g/mol. The summed E-state index contributed by atoms with van der Waals surface area (Å²) < 4.78 is 5.31. The van der Waals surface area contributed by atoms with E-state index in [2.05, 4.69) is 11.9 Å². The molecule has 0 saturated carbocycles. The standard InChI is InChI=1S/C17H26ClNO2/c1-5-6-7-8-9-10-21-16(20)13-11-14(17(2,3)4)19-15(18)12-13/h11-12H,5-10H2,1-4H3. The Balaban J connectivity index is 2.56. The first kappa shape index (κ1) is 18.0. The van der Waals surface area contributed by atoms with E-state index in [4.69, 9.17) is 16.3 Å². The van der Waals surface area contributed by atoms with E-state index in [1.165, 1.54) is 19.3 Å². The smallest absolute Gasteiger partial charge is 0.338 e. The van der Waals surface area contributed by atoms with Crippen molar-refractivity contribution in [3.8, 4) is 0 Å². The Hall–Kier alpha value is -1.09. The minimum absolute atomic E-state index is 0.153. The quantitative estimate of drug-likeness (QED) is 0.396. The van der Waals surface area contributed by atoms with Crippen molar-refractivity contribution in [2.75, 3.05) is 6.61 Å². The molecule has 3 nitrogen and oxygen atoms in total. The Kier molecular flexibility index (Phi) is 7.16. The van der Waals surface area contributed by atoms with Gasteiger partial charge in [-0.1, -0.05) is 65.0 Å². The number of carbonyl (C=O) groups excluding carboxylic acids is 1. The summed E-state index contributed by atoms with van der Waals surface area (Å²) in [7, 11) is 0. The molecule has 0 unspecified atom stereocenters. The van der Waals surface area contributed by atoms with Crippen molar-refractivity contribution in [2.45, 2.75) is 65.2 Å². The van der Waals surface area contributed by atoms with Gasteiger partial charge in [0.15, 0.2) is 0 Å². The van der Waals surface area contributed by atoms with Gasteiger partial charge in [0, 0.05) is 11.1 Å². The van der Waals surface area contributed by atoms with E-state index in [9.17, 15) is 4.79 Å². The molecule has 0 saturated heterocycles. The molecule has 1 rings (SSSR count). The fourth-order valence-electron chi connectivity index (χ4n) is 1.95. The average Bonchev–Trinajstić information content (AvgIpc) is 2.40. The molecule has 0 radical (unpaired) electrons. The van der Waals surface area contributed by atoms with E-state index in [1.807, 2.05) is 20.8 Å². The molecule has 0 N–H and O–H groups in total. The number of hydrogen-bond donors (Lipinski definition) is 0. The highest BCUT2D eigenvalue weighted by Gasteiger charge is 2.19. The molecule has 118 valence electrons. The zero-order valence-corrected chi connectivity index (χ0v) is 14.3. The fraction of sp³-hybridized carbons (Fsp3) is 0.647. The van der Waals surface area contributed by atoms with E-state index in [0.29, 0.717) is 17.3 Å². The lowest BCUT2D eigenvalue weighted by Crippen LogP contribution is -2.16. The lowest BCUT2D eigenvalue weighted by atomic mass is 9.91. The van der Waals surface area contributed by atoms with Crippen molar-refractivity contribution in [1.82, 2.24) is 4.98 Å². The van der Waals surface area contributed by atoms with E-state index in [0.717, 1.165) is 18.5 Å². The zero-order chi connectivity index (χ0) is 15.9. The number of carbonyl (C=O) groups is 1. The van der Waals surface area contributed by atoms with E-state index < -0.39 is 0 Å². The van der Waals surface area contributed by atoms with Crippen molar-refractivity contribution in [3.05, 3.63) is 28.5 Å². The van der Waals surface area contributed by atoms with Gasteiger partial charge in [-0.05, 0) is 18.6 Å². The van der Waals surface area contributed by atoms with Gasteiger partial charge in [0.2, 0.25) is 0 Å². The summed E-state index contributed by atoms with van der Waals surface area (Å²) in [6, 6.07) is 3.33. The molecule has 0 aromatic carbocycles. The monoisotopic (exact) mass is 311 g/mol. The summed E-state index contributed by atoms with van der Waals surface area (Å²) in [5, 5.41) is 0.331. The normalized spacial score (nSPS) is 11.5. The van der Waals surface area contributed by atoms with Crippen LogP contribution in [0.3, 0.4) is 0 Å². The van der Waals surface area contributed by atoms with Crippen molar-refractivity contribution < 1.29 is 9.53 Å². The largest absolute Gasteiger partial charge is 0.462 e. The van der Waals surface area contributed by atoms with Gasteiger partial charge in [-0.3, -0.25) is 0 Å². The van der Waals surface area contributed by atoms with E-state index in [-0.39, 0.29) is 11.4 Å². The third-order valence-corrected chi connectivity index (χ3v) is 3.47. The van der Waals surface area contributed by atoms with Crippen LogP contribution >= 0.6 is 11.6 Å². The second-order valence-electron chi connectivity index (χ2n) is 6.36. The fourth-order valence-corrected chi connectivity index (χ4v) is 2.16. The van der Waals surface area contributed by atoms with Crippen LogP contribution in [0.5, 0.6) is 0 Å². The lowest BCUT2D eigenvalue weighted by Gasteiger charge is -2.18. The minimum atomic E-state index is -0.319. The molecular weight excluding hydrogens is 286 g/mol. The molecule has 0 atom stereocenters. The second-order valence-corrected chi connectivity index (χ2v) is 6.75. The highest BCUT2D eigenvalue weighted by Crippen LogP contribution is 2.23. The van der Waals surface area contributed by atoms with Crippen molar-refractivity contribution in [1.29, 1.82) is 0 Å². The summed E-state index contributed by atoms with van der Waals surface area (Å²) in [6.45, 7) is 8.75. The lowest BCUT2D eigenvalue weighted by molar-refractivity contribution is 0.0497. The number of pyridine rings is 1. The third-order valence-electron chi connectivity index (χ3n) is 3.28. The molecule has 1 aromatic rings. The van der Waals surface area contributed by atoms with Gasteiger partial charge in [-0.25, -0.2) is 9.78 Å². The SMILES string of the molecule is CCCCCCCOC(=O)c1cc(Cl)nc(C(C)(C)C)c1. The van der Waals surface area contributed by atoms with Gasteiger partial charge in [-0.2, -0.15) is 0 Å². The third kappa shape index (κ3) is 6.47. The van der Waals surface area contributed by atoms with Crippen molar-refractivity contribution in [2.24, 2.45) is 0 Å². The maximum atomic E-state index is 12.1. The molecule has 0 aliphatic heterocycles. The van der Waals surface area contributed by atoms with E-state index >= 15 is 0 Å². The molecule has 0 aliphatic rings. The van der Waals surface area contributed by atoms with Gasteiger partial charge in [-0.15, -0.1) is 0 Å². The van der Waals surface area contributed by atoms with E-state index in [1.54, 1.807) is 12.1 Å². The molecule has 0 amide bonds. The first-order valence-corrected chi connectivity index (χ1v) is 8.07. The molecule has 0 fully saturated rings. The number of halogens is 1. The van der Waals surface area contributed by atoms with Crippen LogP contribution in [-0.4, -0.2) is 17.6 Å². The van der Waals surface area contributed by atoms with Crippen LogP contribution in [0.1, 0.15) is 75.9 Å². The van der Waals surface area contributed by atoms with Gasteiger partial charge in [0.1, 0.15) is 5.15 Å². The first-order valence-electron chi connectivity index (χ1n) is 7.69. The second kappa shape index (κ2) is 8.38. The molecule has 0 bridgehead atoms. The summed E-state index contributed by atoms with van der Waals surface area (Å²) in [6.07, 6.45) is 5.67. The number of nitrogens with zero attached hydrogens (tertiary/aromatic N) is 1. The first-order chi connectivity index (χ1) is 9.84. The van der Waals surface area contributed by atoms with Gasteiger partial charge in [0.05, 0.1) is 12.2 Å². The molecule has 21 heavy (non-hydrogen) atoms. The van der Waals surface area contributed by atoms with Crippen molar-refractivity contribution in [3.63, 3.8) is 0 Å². The van der Waals surface area contributed by atoms with Crippen LogP contribution in [-0.2, 0) is 10.2 Å². The number of unbranched alkanes of at least 4 members (excludes halogenated alkanes) is 4. The summed E-state index contributed by atoms with van der Waals surface area (Å²) in [4.78, 5) is 16.3. The number of hydrogen-bond acceptors (Lipinski definition) is 3. The highest BCUT2D eigenvalue weighted by molar-refractivity contribution is 6.29. The van der Waals surface area contributed by atoms with Crippen LogP contribution in [0.15, 0.2) is 12.1 Å². The predicted octanol–water partition coefficient (Wildman–Crippen LogP) is 5.16. The van der Waals surface area contributed by atoms with Crippen LogP contribution in [0.25, 0.3) is 0 Å². The highest BCUT2D eigenvalue weighted by atomic mass is 35.5. The molecule has 0 spiro atoms. The molecular formula is C17H26ClNO2. The van der Waals surface area contributed by atoms with Crippen LogP contribution < -0.4 is 0 Å².